The quantitative estimate of drug-likeness (QED) is 0.524. The Labute approximate surface area is 142 Å². The third-order valence-corrected chi connectivity index (χ3v) is 4.94. The molecule has 1 fully saturated rings. The normalized spacial score (nSPS) is 20.9. The summed E-state index contributed by atoms with van der Waals surface area (Å²) in [4.78, 5) is 0. The van der Waals surface area contributed by atoms with Crippen LogP contribution >= 0.6 is 0 Å². The minimum atomic E-state index is -4.38. The minimum Gasteiger partial charge on any atom is -0.403 e. The molecule has 0 spiro atoms. The lowest BCUT2D eigenvalue weighted by Crippen LogP contribution is -2.41. The van der Waals surface area contributed by atoms with Crippen LogP contribution in [0.4, 0.5) is 13.2 Å². The van der Waals surface area contributed by atoms with Gasteiger partial charge in [0.25, 0.3) is 0 Å². The molecule has 0 aromatic heterocycles. The Balaban J connectivity index is 2.28. The van der Waals surface area contributed by atoms with Crippen molar-refractivity contribution < 1.29 is 22.5 Å². The first-order valence-corrected chi connectivity index (χ1v) is 8.10. The minimum absolute atomic E-state index is 0.264. The Bertz CT molecular complexity index is 580. The summed E-state index contributed by atoms with van der Waals surface area (Å²) in [6, 6.07) is 5.69. The van der Waals surface area contributed by atoms with E-state index in [4.69, 9.17) is 9.31 Å². The summed E-state index contributed by atoms with van der Waals surface area (Å²) in [5, 5.41) is 0. The van der Waals surface area contributed by atoms with Gasteiger partial charge in [-0.25, -0.2) is 0 Å². The standard InChI is InChI=1S/C18H24BF3O2/c1-6-9-13(12-19-23-16(2,3)17(4,5)24-19)14-10-7-8-11-15(14)18(20,21)22/h6-8,10-11,13H,1,9,12H2,2-5H3/t13-/m0/s1. The number of benzene rings is 1. The monoisotopic (exact) mass is 340 g/mol. The van der Waals surface area contributed by atoms with E-state index in [-0.39, 0.29) is 11.5 Å². The van der Waals surface area contributed by atoms with E-state index in [0.29, 0.717) is 12.7 Å². The number of hydrogen-bond acceptors (Lipinski definition) is 2. The van der Waals surface area contributed by atoms with Crippen molar-refractivity contribution >= 4 is 7.12 Å². The average molecular weight is 340 g/mol. The summed E-state index contributed by atoms with van der Waals surface area (Å²) >= 11 is 0. The molecule has 0 unspecified atom stereocenters. The highest BCUT2D eigenvalue weighted by Crippen LogP contribution is 2.42. The predicted octanol–water partition coefficient (Wildman–Crippen LogP) is 5.46. The predicted molar refractivity (Wildman–Crippen MR) is 89.9 cm³/mol. The highest BCUT2D eigenvalue weighted by atomic mass is 19.4. The Hall–Kier alpha value is -1.27. The fraction of sp³-hybridized carbons (Fsp3) is 0.556. The zero-order valence-electron chi connectivity index (χ0n) is 14.6. The van der Waals surface area contributed by atoms with Gasteiger partial charge < -0.3 is 9.31 Å². The molecule has 1 atom stereocenters. The van der Waals surface area contributed by atoms with E-state index in [2.05, 4.69) is 6.58 Å². The van der Waals surface area contributed by atoms with E-state index in [1.165, 1.54) is 12.1 Å². The van der Waals surface area contributed by atoms with E-state index in [1.807, 2.05) is 27.7 Å². The molecule has 0 N–H and O–H groups in total. The molecule has 0 aliphatic carbocycles. The summed E-state index contributed by atoms with van der Waals surface area (Å²) in [5.74, 6) is -0.366. The van der Waals surface area contributed by atoms with Crippen LogP contribution in [-0.2, 0) is 15.5 Å². The maximum Gasteiger partial charge on any atom is 0.458 e. The molecule has 1 aromatic rings. The Kier molecular flexibility index (Phi) is 5.21. The Morgan fingerprint density at radius 3 is 2.17 bits per heavy atom. The molecule has 2 rings (SSSR count). The van der Waals surface area contributed by atoms with Crippen molar-refractivity contribution in [1.29, 1.82) is 0 Å². The highest BCUT2D eigenvalue weighted by molar-refractivity contribution is 6.45. The summed E-state index contributed by atoms with van der Waals surface area (Å²) in [6.07, 6.45) is -1.96. The van der Waals surface area contributed by atoms with Gasteiger partial charge in [0.2, 0.25) is 0 Å². The Morgan fingerprint density at radius 1 is 1.12 bits per heavy atom. The first-order chi connectivity index (χ1) is 11.0. The zero-order valence-corrected chi connectivity index (χ0v) is 14.6. The van der Waals surface area contributed by atoms with Crippen LogP contribution < -0.4 is 0 Å². The molecule has 2 nitrogen and oxygen atoms in total. The van der Waals surface area contributed by atoms with Crippen molar-refractivity contribution in [3.63, 3.8) is 0 Å². The molecule has 24 heavy (non-hydrogen) atoms. The van der Waals surface area contributed by atoms with Gasteiger partial charge >= 0.3 is 13.3 Å². The molecule has 1 aliphatic heterocycles. The van der Waals surface area contributed by atoms with Gasteiger partial charge in [0.1, 0.15) is 0 Å². The first-order valence-electron chi connectivity index (χ1n) is 8.10. The van der Waals surface area contributed by atoms with E-state index < -0.39 is 30.1 Å². The lowest BCUT2D eigenvalue weighted by molar-refractivity contribution is -0.138. The Morgan fingerprint density at radius 2 is 1.67 bits per heavy atom. The molecular weight excluding hydrogens is 316 g/mol. The van der Waals surface area contributed by atoms with Crippen molar-refractivity contribution in [3.05, 3.63) is 48.0 Å². The number of allylic oxidation sites excluding steroid dienone is 1. The highest BCUT2D eigenvalue weighted by Gasteiger charge is 2.51. The van der Waals surface area contributed by atoms with E-state index in [1.54, 1.807) is 12.1 Å². The molecule has 1 aromatic carbocycles. The van der Waals surface area contributed by atoms with Crippen LogP contribution in [-0.4, -0.2) is 18.3 Å². The van der Waals surface area contributed by atoms with Gasteiger partial charge in [-0.05, 0) is 58.0 Å². The fourth-order valence-corrected chi connectivity index (χ4v) is 2.96. The van der Waals surface area contributed by atoms with E-state index in [0.717, 1.165) is 6.07 Å². The number of rotatable bonds is 5. The van der Waals surface area contributed by atoms with Crippen molar-refractivity contribution in [2.45, 2.75) is 63.7 Å². The molecule has 0 saturated carbocycles. The molecule has 1 saturated heterocycles. The van der Waals surface area contributed by atoms with Crippen molar-refractivity contribution in [3.8, 4) is 0 Å². The molecule has 132 valence electrons. The van der Waals surface area contributed by atoms with Gasteiger partial charge in [-0.15, -0.1) is 6.58 Å². The summed E-state index contributed by atoms with van der Waals surface area (Å²) in [6.45, 7) is 11.4. The molecule has 0 bridgehead atoms. The average Bonchev–Trinajstić information content (AvgIpc) is 2.65. The number of halogens is 3. The first kappa shape index (κ1) is 19.1. The van der Waals surface area contributed by atoms with Crippen molar-refractivity contribution in [1.82, 2.24) is 0 Å². The second-order valence-electron chi connectivity index (χ2n) is 7.23. The SMILES string of the molecule is C=CC[C@@H](CB1OC(C)(C)C(C)(C)O1)c1ccccc1C(F)(F)F. The lowest BCUT2D eigenvalue weighted by atomic mass is 9.72. The van der Waals surface area contributed by atoms with E-state index in [9.17, 15) is 13.2 Å². The smallest absolute Gasteiger partial charge is 0.403 e. The lowest BCUT2D eigenvalue weighted by Gasteiger charge is -2.32. The van der Waals surface area contributed by atoms with Gasteiger partial charge in [0, 0.05) is 0 Å². The van der Waals surface area contributed by atoms with Crippen LogP contribution in [0.3, 0.4) is 0 Å². The zero-order chi connectivity index (χ0) is 18.2. The molecule has 0 amide bonds. The van der Waals surface area contributed by atoms with Crippen LogP contribution in [0.2, 0.25) is 6.32 Å². The maximum atomic E-state index is 13.3. The second-order valence-corrected chi connectivity index (χ2v) is 7.23. The maximum absolute atomic E-state index is 13.3. The van der Waals surface area contributed by atoms with E-state index >= 15 is 0 Å². The fourth-order valence-electron chi connectivity index (χ4n) is 2.96. The van der Waals surface area contributed by atoms with Crippen LogP contribution in [0.15, 0.2) is 36.9 Å². The van der Waals surface area contributed by atoms with Gasteiger partial charge in [0.15, 0.2) is 0 Å². The molecule has 0 radical (unpaired) electrons. The summed E-state index contributed by atoms with van der Waals surface area (Å²) in [5.41, 5.74) is -1.34. The van der Waals surface area contributed by atoms with Crippen LogP contribution in [0.1, 0.15) is 51.2 Å². The second kappa shape index (κ2) is 6.56. The van der Waals surface area contributed by atoms with Crippen molar-refractivity contribution in [2.24, 2.45) is 0 Å². The van der Waals surface area contributed by atoms with Crippen LogP contribution in [0.25, 0.3) is 0 Å². The molecule has 1 aliphatic rings. The van der Waals surface area contributed by atoms with Crippen molar-refractivity contribution in [2.75, 3.05) is 0 Å². The van der Waals surface area contributed by atoms with Gasteiger partial charge in [-0.3, -0.25) is 0 Å². The topological polar surface area (TPSA) is 18.5 Å². The van der Waals surface area contributed by atoms with Crippen LogP contribution in [0.5, 0.6) is 0 Å². The molecule has 6 heteroatoms. The third-order valence-electron chi connectivity index (χ3n) is 4.94. The summed E-state index contributed by atoms with van der Waals surface area (Å²) in [7, 11) is -0.541. The molecule has 1 heterocycles. The largest absolute Gasteiger partial charge is 0.458 e. The van der Waals surface area contributed by atoms with Crippen LogP contribution in [0, 0.1) is 0 Å². The van der Waals surface area contributed by atoms with Gasteiger partial charge in [0.05, 0.1) is 16.8 Å². The third kappa shape index (κ3) is 3.86. The van der Waals surface area contributed by atoms with Gasteiger partial charge in [-0.1, -0.05) is 24.3 Å². The summed E-state index contributed by atoms with van der Waals surface area (Å²) < 4.78 is 51.9. The number of hydrogen-bond donors (Lipinski definition) is 0. The molecular formula is C18H24BF3O2. The number of alkyl halides is 3. The van der Waals surface area contributed by atoms with Gasteiger partial charge in [-0.2, -0.15) is 13.2 Å².